The van der Waals surface area contributed by atoms with E-state index in [1.54, 1.807) is 0 Å². The van der Waals surface area contributed by atoms with Gasteiger partial charge in [-0.05, 0) is 25.7 Å². The third-order valence-corrected chi connectivity index (χ3v) is 3.83. The molecule has 0 bridgehead atoms. The molecule has 2 rings (SSSR count). The Morgan fingerprint density at radius 3 is 2.50 bits per heavy atom. The van der Waals surface area contributed by atoms with Crippen LogP contribution in [-0.4, -0.2) is 33.8 Å². The van der Waals surface area contributed by atoms with Crippen LogP contribution in [0.1, 0.15) is 45.1 Å². The van der Waals surface area contributed by atoms with Crippen molar-refractivity contribution in [2.45, 2.75) is 45.1 Å². The molecule has 0 amide bonds. The van der Waals surface area contributed by atoms with Crippen molar-refractivity contribution >= 4 is 17.4 Å². The molecule has 18 heavy (non-hydrogen) atoms. The first-order chi connectivity index (χ1) is 8.41. The first kappa shape index (κ1) is 13.6. The molecule has 1 saturated heterocycles. The highest BCUT2D eigenvalue weighted by Crippen LogP contribution is 2.33. The third kappa shape index (κ3) is 2.75. The van der Waals surface area contributed by atoms with E-state index in [-0.39, 0.29) is 5.92 Å². The molecule has 1 fully saturated rings. The Kier molecular flexibility index (Phi) is 3.78. The van der Waals surface area contributed by atoms with Gasteiger partial charge in [-0.3, -0.25) is 0 Å². The monoisotopic (exact) mass is 269 g/mol. The average molecular weight is 270 g/mol. The Hall–Kier alpha value is -0.870. The van der Waals surface area contributed by atoms with Gasteiger partial charge in [0.05, 0.1) is 5.60 Å². The standard InChI is InChI=1S/C13H20ClN3O/c1-9(2)10-11(14)15-8-16-12(10)17-6-4-13(3,18)5-7-17/h8-9,18H,4-7H2,1-3H3. The molecule has 0 spiro atoms. The van der Waals surface area contributed by atoms with Crippen LogP contribution < -0.4 is 4.90 Å². The minimum absolute atomic E-state index is 0.288. The Labute approximate surface area is 113 Å². The maximum absolute atomic E-state index is 9.99. The molecule has 2 heterocycles. The maximum atomic E-state index is 9.99. The molecule has 0 saturated carbocycles. The van der Waals surface area contributed by atoms with Gasteiger partial charge in [-0.1, -0.05) is 25.4 Å². The van der Waals surface area contributed by atoms with Crippen molar-refractivity contribution in [2.75, 3.05) is 18.0 Å². The first-order valence-electron chi connectivity index (χ1n) is 6.38. The number of anilines is 1. The van der Waals surface area contributed by atoms with E-state index in [4.69, 9.17) is 11.6 Å². The summed E-state index contributed by atoms with van der Waals surface area (Å²) >= 11 is 6.17. The van der Waals surface area contributed by atoms with Crippen molar-refractivity contribution in [1.82, 2.24) is 9.97 Å². The number of aliphatic hydroxyl groups is 1. The summed E-state index contributed by atoms with van der Waals surface area (Å²) in [4.78, 5) is 10.6. The van der Waals surface area contributed by atoms with Gasteiger partial charge in [-0.2, -0.15) is 0 Å². The molecule has 1 aromatic rings. The predicted molar refractivity (Wildman–Crippen MR) is 73.2 cm³/mol. The molecule has 100 valence electrons. The zero-order valence-corrected chi connectivity index (χ0v) is 11.9. The van der Waals surface area contributed by atoms with E-state index in [1.165, 1.54) is 6.33 Å². The second kappa shape index (κ2) is 5.02. The highest BCUT2D eigenvalue weighted by molar-refractivity contribution is 6.30. The van der Waals surface area contributed by atoms with Crippen molar-refractivity contribution in [3.05, 3.63) is 17.0 Å². The third-order valence-electron chi connectivity index (χ3n) is 3.53. The molecule has 0 unspecified atom stereocenters. The predicted octanol–water partition coefficient (Wildman–Crippen LogP) is 2.60. The Morgan fingerprint density at radius 2 is 1.94 bits per heavy atom. The quantitative estimate of drug-likeness (QED) is 0.839. The molecule has 1 aliphatic rings. The van der Waals surface area contributed by atoms with Crippen molar-refractivity contribution < 1.29 is 5.11 Å². The molecule has 4 nitrogen and oxygen atoms in total. The number of aromatic nitrogens is 2. The van der Waals surface area contributed by atoms with Crippen LogP contribution in [0.25, 0.3) is 0 Å². The number of hydrogen-bond donors (Lipinski definition) is 1. The van der Waals surface area contributed by atoms with Gasteiger partial charge in [0.25, 0.3) is 0 Å². The Bertz CT molecular complexity index is 424. The number of halogens is 1. The number of hydrogen-bond acceptors (Lipinski definition) is 4. The van der Waals surface area contributed by atoms with Crippen LogP contribution in [0.5, 0.6) is 0 Å². The molecule has 0 aromatic carbocycles. The van der Waals surface area contributed by atoms with E-state index in [2.05, 4.69) is 28.7 Å². The largest absolute Gasteiger partial charge is 0.390 e. The van der Waals surface area contributed by atoms with E-state index in [0.29, 0.717) is 5.15 Å². The van der Waals surface area contributed by atoms with E-state index in [1.807, 2.05) is 6.92 Å². The fourth-order valence-electron chi connectivity index (χ4n) is 2.31. The molecular formula is C13H20ClN3O. The second-order valence-electron chi connectivity index (χ2n) is 5.54. The van der Waals surface area contributed by atoms with Crippen LogP contribution in [0, 0.1) is 0 Å². The van der Waals surface area contributed by atoms with E-state index >= 15 is 0 Å². The fourth-order valence-corrected chi connectivity index (χ4v) is 2.66. The molecule has 1 aliphatic heterocycles. The lowest BCUT2D eigenvalue weighted by Crippen LogP contribution is -2.43. The van der Waals surface area contributed by atoms with Gasteiger partial charge in [-0.25, -0.2) is 9.97 Å². The summed E-state index contributed by atoms with van der Waals surface area (Å²) < 4.78 is 0. The van der Waals surface area contributed by atoms with Crippen LogP contribution in [0.2, 0.25) is 5.15 Å². The second-order valence-corrected chi connectivity index (χ2v) is 5.90. The summed E-state index contributed by atoms with van der Waals surface area (Å²) in [5, 5.41) is 10.5. The van der Waals surface area contributed by atoms with E-state index < -0.39 is 5.60 Å². The van der Waals surface area contributed by atoms with Crippen molar-refractivity contribution in [3.8, 4) is 0 Å². The normalized spacial score (nSPS) is 19.3. The number of piperidine rings is 1. The van der Waals surface area contributed by atoms with Gasteiger partial charge in [0.2, 0.25) is 0 Å². The SMILES string of the molecule is CC(C)c1c(Cl)ncnc1N1CCC(C)(O)CC1. The van der Waals surface area contributed by atoms with Gasteiger partial charge < -0.3 is 10.0 Å². The summed E-state index contributed by atoms with van der Waals surface area (Å²) in [6, 6.07) is 0. The first-order valence-corrected chi connectivity index (χ1v) is 6.76. The van der Waals surface area contributed by atoms with Crippen LogP contribution in [0.3, 0.4) is 0 Å². The van der Waals surface area contributed by atoms with Crippen LogP contribution in [-0.2, 0) is 0 Å². The van der Waals surface area contributed by atoms with E-state index in [9.17, 15) is 5.11 Å². The Morgan fingerprint density at radius 1 is 1.33 bits per heavy atom. The van der Waals surface area contributed by atoms with Gasteiger partial charge in [0.15, 0.2) is 0 Å². The summed E-state index contributed by atoms with van der Waals surface area (Å²) in [6.45, 7) is 7.68. The maximum Gasteiger partial charge on any atom is 0.138 e. The fraction of sp³-hybridized carbons (Fsp3) is 0.692. The zero-order chi connectivity index (χ0) is 13.3. The molecule has 0 radical (unpaired) electrons. The minimum atomic E-state index is -0.550. The molecule has 5 heteroatoms. The van der Waals surface area contributed by atoms with Crippen LogP contribution >= 0.6 is 11.6 Å². The molecule has 0 atom stereocenters. The van der Waals surface area contributed by atoms with Crippen LogP contribution in [0.4, 0.5) is 5.82 Å². The van der Waals surface area contributed by atoms with Gasteiger partial charge in [-0.15, -0.1) is 0 Å². The van der Waals surface area contributed by atoms with Crippen LogP contribution in [0.15, 0.2) is 6.33 Å². The van der Waals surface area contributed by atoms with Gasteiger partial charge in [0, 0.05) is 18.7 Å². The molecular weight excluding hydrogens is 250 g/mol. The summed E-state index contributed by atoms with van der Waals surface area (Å²) in [6.07, 6.45) is 3.02. The van der Waals surface area contributed by atoms with Gasteiger partial charge >= 0.3 is 0 Å². The lowest BCUT2D eigenvalue weighted by molar-refractivity contribution is 0.0350. The smallest absolute Gasteiger partial charge is 0.138 e. The number of nitrogens with zero attached hydrogens (tertiary/aromatic N) is 3. The molecule has 1 N–H and O–H groups in total. The molecule has 1 aromatic heterocycles. The lowest BCUT2D eigenvalue weighted by atomic mass is 9.93. The summed E-state index contributed by atoms with van der Waals surface area (Å²) in [5.41, 5.74) is 0.450. The average Bonchev–Trinajstić information content (AvgIpc) is 2.28. The highest BCUT2D eigenvalue weighted by Gasteiger charge is 2.29. The van der Waals surface area contributed by atoms with Gasteiger partial charge in [0.1, 0.15) is 17.3 Å². The summed E-state index contributed by atoms with van der Waals surface area (Å²) in [7, 11) is 0. The Balaban J connectivity index is 2.27. The van der Waals surface area contributed by atoms with Crippen molar-refractivity contribution in [1.29, 1.82) is 0 Å². The topological polar surface area (TPSA) is 49.2 Å². The minimum Gasteiger partial charge on any atom is -0.390 e. The number of rotatable bonds is 2. The molecule has 0 aliphatic carbocycles. The van der Waals surface area contributed by atoms with E-state index in [0.717, 1.165) is 37.3 Å². The summed E-state index contributed by atoms with van der Waals surface area (Å²) in [5.74, 6) is 1.21. The lowest BCUT2D eigenvalue weighted by Gasteiger charge is -2.37. The van der Waals surface area contributed by atoms with Crippen molar-refractivity contribution in [2.24, 2.45) is 0 Å². The highest BCUT2D eigenvalue weighted by atomic mass is 35.5. The zero-order valence-electron chi connectivity index (χ0n) is 11.1. The van der Waals surface area contributed by atoms with Crippen molar-refractivity contribution in [3.63, 3.8) is 0 Å².